The van der Waals surface area contributed by atoms with E-state index >= 15 is 0 Å². The van der Waals surface area contributed by atoms with Crippen LogP contribution in [0.4, 0.5) is 11.4 Å². The van der Waals surface area contributed by atoms with E-state index in [1.807, 2.05) is 18.2 Å². The quantitative estimate of drug-likeness (QED) is 0.687. The molecule has 0 atom stereocenters. The van der Waals surface area contributed by atoms with Crippen LogP contribution in [0.1, 0.15) is 0 Å². The van der Waals surface area contributed by atoms with E-state index in [2.05, 4.69) is 41.1 Å². The fraction of sp³-hybridized carbons (Fsp3) is 0. The third-order valence-electron chi connectivity index (χ3n) is 3.00. The number of benzene rings is 2. The summed E-state index contributed by atoms with van der Waals surface area (Å²) in [5, 5.41) is 4.25. The van der Waals surface area contributed by atoms with Crippen molar-refractivity contribution >= 4 is 34.5 Å². The van der Waals surface area contributed by atoms with Gasteiger partial charge < -0.3 is 11.5 Å². The highest BCUT2D eigenvalue weighted by Gasteiger charge is 2.02. The standard InChI is InChI=1S/C16H14N2S2/c17-15-6-5-14(9-16(15)18)20-13-3-1-11(2-4-13)12-7-8-19-10-12/h1-10H,17-18H2. The molecular weight excluding hydrogens is 284 g/mol. The van der Waals surface area contributed by atoms with Crippen molar-refractivity contribution in [2.45, 2.75) is 9.79 Å². The lowest BCUT2D eigenvalue weighted by atomic mass is 10.1. The van der Waals surface area contributed by atoms with Gasteiger partial charge in [0, 0.05) is 9.79 Å². The minimum Gasteiger partial charge on any atom is -0.397 e. The zero-order valence-corrected chi connectivity index (χ0v) is 12.4. The van der Waals surface area contributed by atoms with E-state index in [1.165, 1.54) is 16.0 Å². The summed E-state index contributed by atoms with van der Waals surface area (Å²) >= 11 is 3.40. The Bertz CT molecular complexity index is 704. The van der Waals surface area contributed by atoms with Gasteiger partial charge in [-0.05, 0) is 58.3 Å². The third-order valence-corrected chi connectivity index (χ3v) is 4.68. The molecule has 4 heteroatoms. The van der Waals surface area contributed by atoms with E-state index in [4.69, 9.17) is 11.5 Å². The number of thiophene rings is 1. The first-order valence-electron chi connectivity index (χ1n) is 6.18. The Morgan fingerprint density at radius 3 is 2.15 bits per heavy atom. The number of rotatable bonds is 3. The van der Waals surface area contributed by atoms with Crippen LogP contribution >= 0.6 is 23.1 Å². The van der Waals surface area contributed by atoms with E-state index < -0.39 is 0 Å². The first-order chi connectivity index (χ1) is 9.72. The molecule has 0 spiro atoms. The van der Waals surface area contributed by atoms with Gasteiger partial charge in [-0.2, -0.15) is 11.3 Å². The number of hydrogen-bond donors (Lipinski definition) is 2. The van der Waals surface area contributed by atoms with Gasteiger partial charge in [0.25, 0.3) is 0 Å². The molecule has 0 aliphatic heterocycles. The predicted molar refractivity (Wildman–Crippen MR) is 89.1 cm³/mol. The van der Waals surface area contributed by atoms with E-state index in [0.717, 1.165) is 4.90 Å². The van der Waals surface area contributed by atoms with Gasteiger partial charge in [-0.1, -0.05) is 23.9 Å². The summed E-state index contributed by atoms with van der Waals surface area (Å²) in [5.74, 6) is 0. The van der Waals surface area contributed by atoms with Gasteiger partial charge in [0.1, 0.15) is 0 Å². The molecule has 0 aliphatic carbocycles. The van der Waals surface area contributed by atoms with Crippen LogP contribution in [-0.4, -0.2) is 0 Å². The summed E-state index contributed by atoms with van der Waals surface area (Å²) in [5.41, 5.74) is 15.3. The molecule has 0 radical (unpaired) electrons. The number of nitrogens with two attached hydrogens (primary N) is 2. The maximum atomic E-state index is 5.83. The Morgan fingerprint density at radius 2 is 1.50 bits per heavy atom. The van der Waals surface area contributed by atoms with Crippen LogP contribution in [0.5, 0.6) is 0 Å². The molecule has 100 valence electrons. The number of hydrogen-bond acceptors (Lipinski definition) is 4. The number of anilines is 2. The molecule has 0 bridgehead atoms. The highest BCUT2D eigenvalue weighted by Crippen LogP contribution is 2.32. The summed E-state index contributed by atoms with van der Waals surface area (Å²) in [6, 6.07) is 16.4. The molecule has 0 saturated carbocycles. The first-order valence-corrected chi connectivity index (χ1v) is 7.94. The molecule has 2 aromatic carbocycles. The maximum absolute atomic E-state index is 5.83. The smallest absolute Gasteiger partial charge is 0.0559 e. The molecule has 1 heterocycles. The summed E-state index contributed by atoms with van der Waals surface area (Å²) < 4.78 is 0. The Morgan fingerprint density at radius 1 is 0.750 bits per heavy atom. The van der Waals surface area contributed by atoms with Crippen molar-refractivity contribution in [1.82, 2.24) is 0 Å². The van der Waals surface area contributed by atoms with Crippen molar-refractivity contribution in [3.63, 3.8) is 0 Å². The summed E-state index contributed by atoms with van der Waals surface area (Å²) in [6.45, 7) is 0. The molecule has 0 unspecified atom stereocenters. The molecule has 2 nitrogen and oxygen atoms in total. The fourth-order valence-corrected chi connectivity index (χ4v) is 3.43. The lowest BCUT2D eigenvalue weighted by Crippen LogP contribution is -1.93. The molecule has 4 N–H and O–H groups in total. The Kier molecular flexibility index (Phi) is 3.67. The molecule has 0 fully saturated rings. The zero-order valence-electron chi connectivity index (χ0n) is 10.7. The Hall–Kier alpha value is -1.91. The third kappa shape index (κ3) is 2.81. The molecule has 3 rings (SSSR count). The second-order valence-corrected chi connectivity index (χ2v) is 6.36. The molecule has 0 amide bonds. The SMILES string of the molecule is Nc1ccc(Sc2ccc(-c3ccsc3)cc2)cc1N. The van der Waals surface area contributed by atoms with Crippen molar-refractivity contribution < 1.29 is 0 Å². The molecule has 3 aromatic rings. The largest absolute Gasteiger partial charge is 0.397 e. The molecular formula is C16H14N2S2. The minimum atomic E-state index is 0.627. The molecule has 20 heavy (non-hydrogen) atoms. The van der Waals surface area contributed by atoms with Gasteiger partial charge in [0.15, 0.2) is 0 Å². The maximum Gasteiger partial charge on any atom is 0.0559 e. The normalized spacial score (nSPS) is 10.6. The minimum absolute atomic E-state index is 0.627. The van der Waals surface area contributed by atoms with Crippen LogP contribution in [0.25, 0.3) is 11.1 Å². The summed E-state index contributed by atoms with van der Waals surface area (Å²) in [7, 11) is 0. The molecule has 1 aromatic heterocycles. The van der Waals surface area contributed by atoms with Gasteiger partial charge in [0.2, 0.25) is 0 Å². The average molecular weight is 298 g/mol. The highest BCUT2D eigenvalue weighted by atomic mass is 32.2. The lowest BCUT2D eigenvalue weighted by molar-refractivity contribution is 1.41. The van der Waals surface area contributed by atoms with E-state index in [1.54, 1.807) is 23.1 Å². The first kappa shape index (κ1) is 13.1. The average Bonchev–Trinajstić information content (AvgIpc) is 2.98. The second kappa shape index (κ2) is 5.61. The lowest BCUT2D eigenvalue weighted by Gasteiger charge is -2.06. The van der Waals surface area contributed by atoms with E-state index in [9.17, 15) is 0 Å². The van der Waals surface area contributed by atoms with Crippen molar-refractivity contribution in [3.05, 3.63) is 59.3 Å². The monoisotopic (exact) mass is 298 g/mol. The zero-order chi connectivity index (χ0) is 13.9. The van der Waals surface area contributed by atoms with Gasteiger partial charge in [-0.15, -0.1) is 0 Å². The van der Waals surface area contributed by atoms with Gasteiger partial charge >= 0.3 is 0 Å². The Balaban J connectivity index is 1.79. The van der Waals surface area contributed by atoms with Gasteiger partial charge in [-0.25, -0.2) is 0 Å². The van der Waals surface area contributed by atoms with Crippen LogP contribution in [0, 0.1) is 0 Å². The second-order valence-electron chi connectivity index (χ2n) is 4.43. The molecule has 0 aliphatic rings. The highest BCUT2D eigenvalue weighted by molar-refractivity contribution is 7.99. The Labute approximate surface area is 126 Å². The van der Waals surface area contributed by atoms with Crippen molar-refractivity contribution in [2.24, 2.45) is 0 Å². The van der Waals surface area contributed by atoms with Crippen LogP contribution < -0.4 is 11.5 Å². The van der Waals surface area contributed by atoms with Gasteiger partial charge in [-0.3, -0.25) is 0 Å². The topological polar surface area (TPSA) is 52.0 Å². The predicted octanol–water partition coefficient (Wildman–Crippen LogP) is 4.73. The van der Waals surface area contributed by atoms with Gasteiger partial charge in [0.05, 0.1) is 11.4 Å². The number of nitrogen functional groups attached to an aromatic ring is 2. The summed E-state index contributed by atoms with van der Waals surface area (Å²) in [6.07, 6.45) is 0. The van der Waals surface area contributed by atoms with Crippen LogP contribution in [0.2, 0.25) is 0 Å². The molecule has 0 saturated heterocycles. The summed E-state index contributed by atoms with van der Waals surface area (Å²) in [4.78, 5) is 2.29. The van der Waals surface area contributed by atoms with E-state index in [0.29, 0.717) is 11.4 Å². The van der Waals surface area contributed by atoms with Crippen LogP contribution in [-0.2, 0) is 0 Å². The fourth-order valence-electron chi connectivity index (χ4n) is 1.90. The van der Waals surface area contributed by atoms with Crippen molar-refractivity contribution in [3.8, 4) is 11.1 Å². The van der Waals surface area contributed by atoms with Crippen molar-refractivity contribution in [1.29, 1.82) is 0 Å². The van der Waals surface area contributed by atoms with Crippen molar-refractivity contribution in [2.75, 3.05) is 11.5 Å². The van der Waals surface area contributed by atoms with Crippen LogP contribution in [0.15, 0.2) is 69.1 Å². The van der Waals surface area contributed by atoms with Crippen LogP contribution in [0.3, 0.4) is 0 Å². The van der Waals surface area contributed by atoms with E-state index in [-0.39, 0.29) is 0 Å².